The Balaban J connectivity index is 1.39. The molecule has 1 fully saturated rings. The molecule has 3 aromatic carbocycles. The lowest BCUT2D eigenvalue weighted by Gasteiger charge is -2.25. The second-order valence-corrected chi connectivity index (χ2v) is 10.9. The van der Waals surface area contributed by atoms with Crippen LogP contribution in [0, 0.1) is 6.92 Å². The van der Waals surface area contributed by atoms with E-state index in [-0.39, 0.29) is 17.2 Å². The van der Waals surface area contributed by atoms with Crippen LogP contribution in [-0.4, -0.2) is 23.4 Å². The van der Waals surface area contributed by atoms with Crippen LogP contribution in [0.2, 0.25) is 0 Å². The molecule has 1 aliphatic heterocycles. The molecule has 2 aliphatic rings. The molecule has 5 heteroatoms. The van der Waals surface area contributed by atoms with E-state index >= 15 is 0 Å². The molecule has 34 heavy (non-hydrogen) atoms. The summed E-state index contributed by atoms with van der Waals surface area (Å²) >= 11 is 1.82. The Hall–Kier alpha value is -2.92. The average Bonchev–Trinajstić information content (AvgIpc) is 3.44. The number of phenols is 1. The van der Waals surface area contributed by atoms with E-state index in [4.69, 9.17) is 0 Å². The van der Waals surface area contributed by atoms with Gasteiger partial charge in [0.05, 0.1) is 0 Å². The van der Waals surface area contributed by atoms with Gasteiger partial charge in [0.25, 0.3) is 0 Å². The van der Waals surface area contributed by atoms with Crippen LogP contribution in [0.15, 0.2) is 65.6 Å². The van der Waals surface area contributed by atoms with Crippen LogP contribution < -0.4 is 10.2 Å². The van der Waals surface area contributed by atoms with Gasteiger partial charge in [-0.25, -0.2) is 4.79 Å². The second kappa shape index (κ2) is 9.38. The van der Waals surface area contributed by atoms with E-state index in [9.17, 15) is 9.90 Å². The van der Waals surface area contributed by atoms with Crippen molar-refractivity contribution in [2.45, 2.75) is 56.4 Å². The van der Waals surface area contributed by atoms with Gasteiger partial charge in [-0.15, -0.1) is 11.8 Å². The van der Waals surface area contributed by atoms with E-state index in [1.54, 1.807) is 12.1 Å². The number of carbonyl (C=O) groups excluding carboxylic acids is 1. The molecule has 0 atom stereocenters. The molecule has 0 saturated heterocycles. The second-order valence-electron chi connectivity index (χ2n) is 9.54. The zero-order valence-corrected chi connectivity index (χ0v) is 20.8. The fraction of sp³-hybridized carbons (Fsp3) is 0.345. The van der Waals surface area contributed by atoms with Crippen molar-refractivity contribution < 1.29 is 9.90 Å². The Labute approximate surface area is 206 Å². The molecule has 0 unspecified atom stereocenters. The predicted molar refractivity (Wildman–Crippen MR) is 141 cm³/mol. The van der Waals surface area contributed by atoms with Crippen molar-refractivity contribution in [3.63, 3.8) is 0 Å². The van der Waals surface area contributed by atoms with Crippen LogP contribution >= 0.6 is 11.8 Å². The average molecular weight is 473 g/mol. The molecular formula is C29H32N2O2S. The third-order valence-corrected chi connectivity index (χ3v) is 8.22. The Morgan fingerprint density at radius 2 is 1.82 bits per heavy atom. The number of urea groups is 1. The molecule has 1 aliphatic carbocycles. The van der Waals surface area contributed by atoms with Crippen molar-refractivity contribution in [2.75, 3.05) is 17.2 Å². The maximum atomic E-state index is 13.3. The van der Waals surface area contributed by atoms with Crippen LogP contribution in [0.3, 0.4) is 0 Å². The number of hydrogen-bond donors (Lipinski definition) is 2. The Kier molecular flexibility index (Phi) is 6.30. The third-order valence-electron chi connectivity index (χ3n) is 7.32. The Bertz CT molecular complexity index is 1200. The smallest absolute Gasteiger partial charge is 0.322 e. The lowest BCUT2D eigenvalue weighted by molar-refractivity contribution is 0.245. The summed E-state index contributed by atoms with van der Waals surface area (Å²) in [5.74, 6) is 1.34. The summed E-state index contributed by atoms with van der Waals surface area (Å²) in [7, 11) is 0. The van der Waals surface area contributed by atoms with E-state index in [1.807, 2.05) is 29.7 Å². The highest BCUT2D eigenvalue weighted by Gasteiger charge is 2.46. The summed E-state index contributed by atoms with van der Waals surface area (Å²) in [4.78, 5) is 16.5. The van der Waals surface area contributed by atoms with Crippen molar-refractivity contribution in [3.05, 3.63) is 77.4 Å². The number of anilines is 1. The van der Waals surface area contributed by atoms with Gasteiger partial charge in [-0.1, -0.05) is 44.0 Å². The number of nitrogens with one attached hydrogen (secondary N) is 1. The first-order chi connectivity index (χ1) is 16.5. The van der Waals surface area contributed by atoms with Gasteiger partial charge in [0.2, 0.25) is 0 Å². The number of thioether (sulfide) groups is 1. The number of benzene rings is 3. The molecule has 2 amide bonds. The molecule has 1 saturated carbocycles. The van der Waals surface area contributed by atoms with Crippen LogP contribution in [0.5, 0.6) is 5.75 Å². The monoisotopic (exact) mass is 472 g/mol. The molecule has 3 aromatic rings. The first kappa shape index (κ1) is 22.9. The fourth-order valence-electron chi connectivity index (χ4n) is 5.61. The number of rotatable bonds is 5. The highest BCUT2D eigenvalue weighted by Crippen LogP contribution is 2.51. The molecule has 2 N–H and O–H groups in total. The summed E-state index contributed by atoms with van der Waals surface area (Å²) in [6, 6.07) is 20.5. The van der Waals surface area contributed by atoms with Crippen LogP contribution in [0.1, 0.15) is 49.3 Å². The maximum Gasteiger partial charge on any atom is 0.322 e. The van der Waals surface area contributed by atoms with E-state index in [2.05, 4.69) is 54.7 Å². The van der Waals surface area contributed by atoms with Crippen molar-refractivity contribution in [1.29, 1.82) is 0 Å². The molecule has 0 bridgehead atoms. The molecule has 1 heterocycles. The first-order valence-electron chi connectivity index (χ1n) is 12.2. The summed E-state index contributed by atoms with van der Waals surface area (Å²) in [6.07, 6.45) is 4.66. The molecule has 176 valence electrons. The van der Waals surface area contributed by atoms with Crippen LogP contribution in [0.25, 0.3) is 11.1 Å². The lowest BCUT2D eigenvalue weighted by atomic mass is 9.79. The minimum absolute atomic E-state index is 0.0226. The van der Waals surface area contributed by atoms with Gasteiger partial charge >= 0.3 is 6.03 Å². The lowest BCUT2D eigenvalue weighted by Crippen LogP contribution is -2.41. The maximum absolute atomic E-state index is 13.3. The molecule has 0 radical (unpaired) electrons. The minimum atomic E-state index is -0.0226. The number of hydrogen-bond acceptors (Lipinski definition) is 3. The number of carbonyl (C=O) groups is 1. The van der Waals surface area contributed by atoms with Crippen LogP contribution in [-0.2, 0) is 12.0 Å². The largest absolute Gasteiger partial charge is 0.508 e. The number of aromatic hydroxyl groups is 1. The summed E-state index contributed by atoms with van der Waals surface area (Å²) < 4.78 is 0. The molecule has 5 rings (SSSR count). The fourth-order valence-corrected chi connectivity index (χ4v) is 6.27. The van der Waals surface area contributed by atoms with Crippen molar-refractivity contribution >= 4 is 23.5 Å². The third kappa shape index (κ3) is 4.29. The normalized spacial score (nSPS) is 16.1. The standard InChI is InChI=1S/C29H32N2O2S/c1-3-34-24-10-6-21(7-11-24)18-30-28(33)31-19-29(14-4-5-15-29)26-17-22(8-13-27(26)31)25-12-9-23(32)16-20(25)2/h6-13,16-17,32H,3-5,14-15,18-19H2,1-2H3,(H,30,33). The summed E-state index contributed by atoms with van der Waals surface area (Å²) in [5, 5.41) is 13.0. The van der Waals surface area contributed by atoms with E-state index in [0.717, 1.165) is 53.1 Å². The van der Waals surface area contributed by atoms with Crippen LogP contribution in [0.4, 0.5) is 10.5 Å². The van der Waals surface area contributed by atoms with Gasteiger partial charge in [-0.3, -0.25) is 4.90 Å². The Morgan fingerprint density at radius 3 is 2.53 bits per heavy atom. The van der Waals surface area contributed by atoms with Gasteiger partial charge in [0.15, 0.2) is 0 Å². The Morgan fingerprint density at radius 1 is 1.06 bits per heavy atom. The molecule has 1 spiro atoms. The van der Waals surface area contributed by atoms with Gasteiger partial charge in [-0.2, -0.15) is 0 Å². The number of nitrogens with zero attached hydrogens (tertiary/aromatic N) is 1. The topological polar surface area (TPSA) is 52.6 Å². The van der Waals surface area contributed by atoms with Gasteiger partial charge in [0, 0.05) is 29.1 Å². The highest BCUT2D eigenvalue weighted by atomic mass is 32.2. The number of amides is 2. The predicted octanol–water partition coefficient (Wildman–Crippen LogP) is 7.02. The first-order valence-corrected chi connectivity index (χ1v) is 13.2. The van der Waals surface area contributed by atoms with E-state index < -0.39 is 0 Å². The number of phenolic OH excluding ortho intramolecular Hbond substituents is 1. The number of fused-ring (bicyclic) bond motifs is 2. The van der Waals surface area contributed by atoms with Gasteiger partial charge in [-0.05, 0) is 89.7 Å². The van der Waals surface area contributed by atoms with Crippen molar-refractivity contribution in [2.24, 2.45) is 0 Å². The minimum Gasteiger partial charge on any atom is -0.508 e. The SMILES string of the molecule is CCSc1ccc(CNC(=O)N2CC3(CCCC3)c3cc(-c4ccc(O)cc4C)ccc32)cc1. The molecular weight excluding hydrogens is 440 g/mol. The molecule has 4 nitrogen and oxygen atoms in total. The van der Waals surface area contributed by atoms with Crippen molar-refractivity contribution in [1.82, 2.24) is 5.32 Å². The van der Waals surface area contributed by atoms with Crippen molar-refractivity contribution in [3.8, 4) is 16.9 Å². The van der Waals surface area contributed by atoms with E-state index in [0.29, 0.717) is 6.54 Å². The summed E-state index contributed by atoms with van der Waals surface area (Å²) in [6.45, 7) is 5.46. The zero-order chi connectivity index (χ0) is 23.7. The van der Waals surface area contributed by atoms with E-state index in [1.165, 1.54) is 23.3 Å². The summed E-state index contributed by atoms with van der Waals surface area (Å²) in [5.41, 5.74) is 6.82. The van der Waals surface area contributed by atoms with Gasteiger partial charge < -0.3 is 10.4 Å². The number of aryl methyl sites for hydroxylation is 1. The quantitative estimate of drug-likeness (QED) is 0.392. The molecule has 0 aromatic heterocycles. The van der Waals surface area contributed by atoms with Gasteiger partial charge in [0.1, 0.15) is 5.75 Å². The highest BCUT2D eigenvalue weighted by molar-refractivity contribution is 7.99. The zero-order valence-electron chi connectivity index (χ0n) is 19.9.